The number of rotatable bonds is 2. The highest BCUT2D eigenvalue weighted by Crippen LogP contribution is 2.33. The third-order valence-electron chi connectivity index (χ3n) is 2.45. The number of halogens is 1. The van der Waals surface area contributed by atoms with Crippen LogP contribution < -0.4 is 10.5 Å². The van der Waals surface area contributed by atoms with Crippen molar-refractivity contribution < 1.29 is 4.74 Å². The smallest absolute Gasteiger partial charge is 0.150 e. The van der Waals surface area contributed by atoms with Crippen LogP contribution in [0.5, 0.6) is 11.5 Å². The number of aryl methyl sites for hydroxylation is 1. The van der Waals surface area contributed by atoms with E-state index in [1.165, 1.54) is 0 Å². The molecule has 3 nitrogen and oxygen atoms in total. The van der Waals surface area contributed by atoms with E-state index >= 15 is 0 Å². The van der Waals surface area contributed by atoms with Crippen LogP contribution in [-0.4, -0.2) is 0 Å². The molecule has 0 heterocycles. The zero-order chi connectivity index (χ0) is 13.1. The predicted molar refractivity (Wildman–Crippen MR) is 74.5 cm³/mol. The molecule has 4 heteroatoms. The zero-order valence-corrected chi connectivity index (χ0v) is 11.4. The molecular weight excluding hydrogens is 292 g/mol. The summed E-state index contributed by atoms with van der Waals surface area (Å²) < 4.78 is 6.58. The molecular formula is C14H11BrN2O. The van der Waals surface area contributed by atoms with E-state index in [1.807, 2.05) is 31.2 Å². The number of hydrogen-bond donors (Lipinski definition) is 1. The van der Waals surface area contributed by atoms with Gasteiger partial charge in [0.2, 0.25) is 0 Å². The Bertz CT molecular complexity index is 632. The Morgan fingerprint density at radius 1 is 1.17 bits per heavy atom. The SMILES string of the molecule is Cc1ccc(Oc2ccc(C#N)cc2N)c(Br)c1. The van der Waals surface area contributed by atoms with Gasteiger partial charge in [-0.15, -0.1) is 0 Å². The Labute approximate surface area is 114 Å². The van der Waals surface area contributed by atoms with E-state index in [0.29, 0.717) is 22.7 Å². The fourth-order valence-corrected chi connectivity index (χ4v) is 2.09. The fraction of sp³-hybridized carbons (Fsp3) is 0.0714. The van der Waals surface area contributed by atoms with Gasteiger partial charge in [-0.05, 0) is 58.7 Å². The van der Waals surface area contributed by atoms with Crippen molar-refractivity contribution in [3.05, 3.63) is 52.0 Å². The van der Waals surface area contributed by atoms with Crippen molar-refractivity contribution in [2.75, 3.05) is 5.73 Å². The van der Waals surface area contributed by atoms with Gasteiger partial charge in [0.25, 0.3) is 0 Å². The lowest BCUT2D eigenvalue weighted by Gasteiger charge is -2.10. The molecule has 2 rings (SSSR count). The zero-order valence-electron chi connectivity index (χ0n) is 9.77. The summed E-state index contributed by atoms with van der Waals surface area (Å²) in [5.41, 5.74) is 7.94. The minimum atomic E-state index is 0.446. The van der Waals surface area contributed by atoms with Gasteiger partial charge in [-0.25, -0.2) is 0 Å². The molecule has 0 aliphatic rings. The second-order valence-electron chi connectivity index (χ2n) is 3.90. The number of anilines is 1. The predicted octanol–water partition coefficient (Wildman–Crippen LogP) is 4.00. The first-order valence-corrected chi connectivity index (χ1v) is 6.13. The molecule has 0 fully saturated rings. The van der Waals surface area contributed by atoms with Crippen molar-refractivity contribution in [2.45, 2.75) is 6.92 Å². The summed E-state index contributed by atoms with van der Waals surface area (Å²) in [5.74, 6) is 1.23. The molecule has 0 spiro atoms. The molecule has 0 unspecified atom stereocenters. The molecule has 18 heavy (non-hydrogen) atoms. The van der Waals surface area contributed by atoms with Gasteiger partial charge in [0.05, 0.1) is 21.8 Å². The lowest BCUT2D eigenvalue weighted by Crippen LogP contribution is -1.93. The summed E-state index contributed by atoms with van der Waals surface area (Å²) in [5, 5.41) is 8.76. The number of benzene rings is 2. The van der Waals surface area contributed by atoms with E-state index < -0.39 is 0 Å². The Morgan fingerprint density at radius 3 is 2.50 bits per heavy atom. The monoisotopic (exact) mass is 302 g/mol. The van der Waals surface area contributed by atoms with E-state index in [9.17, 15) is 0 Å². The van der Waals surface area contributed by atoms with E-state index in [0.717, 1.165) is 10.0 Å². The summed E-state index contributed by atoms with van der Waals surface area (Å²) >= 11 is 3.44. The fourth-order valence-electron chi connectivity index (χ4n) is 1.52. The Balaban J connectivity index is 2.32. The van der Waals surface area contributed by atoms with Gasteiger partial charge in [-0.2, -0.15) is 5.26 Å². The summed E-state index contributed by atoms with van der Waals surface area (Å²) in [6.07, 6.45) is 0. The van der Waals surface area contributed by atoms with Gasteiger partial charge in [0.1, 0.15) is 11.5 Å². The quantitative estimate of drug-likeness (QED) is 0.853. The summed E-state index contributed by atoms with van der Waals surface area (Å²) in [7, 11) is 0. The second-order valence-corrected chi connectivity index (χ2v) is 4.75. The van der Waals surface area contributed by atoms with Crippen LogP contribution in [0.2, 0.25) is 0 Å². The van der Waals surface area contributed by atoms with E-state index in [1.54, 1.807) is 18.2 Å². The highest BCUT2D eigenvalue weighted by molar-refractivity contribution is 9.10. The minimum Gasteiger partial charge on any atom is -0.454 e. The van der Waals surface area contributed by atoms with Crippen molar-refractivity contribution in [1.29, 1.82) is 5.26 Å². The average Bonchev–Trinajstić information content (AvgIpc) is 2.34. The highest BCUT2D eigenvalue weighted by atomic mass is 79.9. The number of hydrogen-bond acceptors (Lipinski definition) is 3. The standard InChI is InChI=1S/C14H11BrN2O/c1-9-2-4-13(11(15)6-9)18-14-5-3-10(8-16)7-12(14)17/h2-7H,17H2,1H3. The maximum atomic E-state index is 8.76. The van der Waals surface area contributed by atoms with Crippen molar-refractivity contribution >= 4 is 21.6 Å². The third kappa shape index (κ3) is 2.63. The summed E-state index contributed by atoms with van der Waals surface area (Å²) in [4.78, 5) is 0. The van der Waals surface area contributed by atoms with Crippen LogP contribution in [0.3, 0.4) is 0 Å². The number of nitrogen functional groups attached to an aromatic ring is 1. The summed E-state index contributed by atoms with van der Waals surface area (Å²) in [6, 6.07) is 12.8. The molecule has 0 aromatic heterocycles. The number of nitrogens with zero attached hydrogens (tertiary/aromatic N) is 1. The lowest BCUT2D eigenvalue weighted by molar-refractivity contribution is 0.482. The van der Waals surface area contributed by atoms with Gasteiger partial charge in [0.15, 0.2) is 0 Å². The Morgan fingerprint density at radius 2 is 1.89 bits per heavy atom. The molecule has 0 saturated heterocycles. The molecule has 2 aromatic carbocycles. The van der Waals surface area contributed by atoms with Crippen LogP contribution in [0.4, 0.5) is 5.69 Å². The molecule has 0 bridgehead atoms. The van der Waals surface area contributed by atoms with E-state index in [2.05, 4.69) is 15.9 Å². The maximum absolute atomic E-state index is 8.76. The van der Waals surface area contributed by atoms with Crippen molar-refractivity contribution in [2.24, 2.45) is 0 Å². The van der Waals surface area contributed by atoms with Crippen LogP contribution >= 0.6 is 15.9 Å². The molecule has 0 radical (unpaired) electrons. The van der Waals surface area contributed by atoms with Gasteiger partial charge in [-0.3, -0.25) is 0 Å². The average molecular weight is 303 g/mol. The first-order valence-electron chi connectivity index (χ1n) is 5.34. The van der Waals surface area contributed by atoms with Crippen molar-refractivity contribution in [3.63, 3.8) is 0 Å². The maximum Gasteiger partial charge on any atom is 0.150 e. The van der Waals surface area contributed by atoms with Gasteiger partial charge >= 0.3 is 0 Å². The molecule has 0 aliphatic carbocycles. The number of nitrogens with two attached hydrogens (primary N) is 1. The first-order chi connectivity index (χ1) is 8.60. The Kier molecular flexibility index (Phi) is 3.54. The number of ether oxygens (including phenoxy) is 1. The molecule has 0 amide bonds. The van der Waals surface area contributed by atoms with Crippen molar-refractivity contribution in [1.82, 2.24) is 0 Å². The van der Waals surface area contributed by atoms with Gasteiger partial charge in [-0.1, -0.05) is 6.07 Å². The molecule has 0 atom stereocenters. The van der Waals surface area contributed by atoms with Crippen LogP contribution in [-0.2, 0) is 0 Å². The van der Waals surface area contributed by atoms with Crippen LogP contribution in [0.15, 0.2) is 40.9 Å². The first kappa shape index (κ1) is 12.5. The van der Waals surface area contributed by atoms with Crippen LogP contribution in [0.25, 0.3) is 0 Å². The normalized spacial score (nSPS) is 9.83. The molecule has 0 saturated carbocycles. The molecule has 2 aromatic rings. The molecule has 2 N–H and O–H groups in total. The van der Waals surface area contributed by atoms with Crippen molar-refractivity contribution in [3.8, 4) is 17.6 Å². The Hall–Kier alpha value is -1.99. The molecule has 0 aliphatic heterocycles. The van der Waals surface area contributed by atoms with E-state index in [-0.39, 0.29) is 0 Å². The molecule has 90 valence electrons. The second kappa shape index (κ2) is 5.11. The highest BCUT2D eigenvalue weighted by Gasteiger charge is 2.06. The van der Waals surface area contributed by atoms with Gasteiger partial charge < -0.3 is 10.5 Å². The van der Waals surface area contributed by atoms with E-state index in [4.69, 9.17) is 15.7 Å². The van der Waals surface area contributed by atoms with Crippen LogP contribution in [0.1, 0.15) is 11.1 Å². The minimum absolute atomic E-state index is 0.446. The topological polar surface area (TPSA) is 59.0 Å². The lowest BCUT2D eigenvalue weighted by atomic mass is 10.2. The largest absolute Gasteiger partial charge is 0.454 e. The third-order valence-corrected chi connectivity index (χ3v) is 3.07. The summed E-state index contributed by atoms with van der Waals surface area (Å²) in [6.45, 7) is 2.00. The van der Waals surface area contributed by atoms with Crippen LogP contribution in [0, 0.1) is 18.3 Å². The number of nitriles is 1. The van der Waals surface area contributed by atoms with Gasteiger partial charge in [0, 0.05) is 0 Å².